The molecule has 2 fully saturated rings. The minimum atomic E-state index is -3.46. The largest absolute Gasteiger partial charge is 0.322 e. The highest BCUT2D eigenvalue weighted by Crippen LogP contribution is 2.23. The van der Waals surface area contributed by atoms with Gasteiger partial charge in [0, 0.05) is 62.6 Å². The fraction of sp³-hybridized carbons (Fsp3) is 0.286. The van der Waals surface area contributed by atoms with E-state index in [1.165, 1.54) is 0 Å². The molecule has 37 heavy (non-hydrogen) atoms. The molecule has 0 unspecified atom stereocenters. The van der Waals surface area contributed by atoms with Gasteiger partial charge in [0.25, 0.3) is 5.91 Å². The van der Waals surface area contributed by atoms with Crippen LogP contribution in [0.4, 0.5) is 11.4 Å². The maximum atomic E-state index is 12.8. The van der Waals surface area contributed by atoms with Gasteiger partial charge in [0.1, 0.15) is 0 Å². The predicted molar refractivity (Wildman–Crippen MR) is 143 cm³/mol. The zero-order chi connectivity index (χ0) is 25.8. The van der Waals surface area contributed by atoms with Crippen LogP contribution in [-0.2, 0) is 21.4 Å². The summed E-state index contributed by atoms with van der Waals surface area (Å²) in [6.45, 7) is 3.61. The van der Waals surface area contributed by atoms with Gasteiger partial charge in [0.05, 0.1) is 4.90 Å². The van der Waals surface area contributed by atoms with E-state index in [1.54, 1.807) is 45.6 Å². The number of piperazine rings is 1. The first-order chi connectivity index (χ1) is 17.9. The van der Waals surface area contributed by atoms with Gasteiger partial charge in [-0.3, -0.25) is 14.5 Å². The summed E-state index contributed by atoms with van der Waals surface area (Å²) in [5, 5.41) is 2.91. The lowest BCUT2D eigenvalue weighted by Gasteiger charge is -2.34. The molecule has 5 rings (SSSR count). The molecule has 9 heteroatoms. The molecule has 2 amide bonds. The van der Waals surface area contributed by atoms with E-state index in [1.807, 2.05) is 42.5 Å². The first kappa shape index (κ1) is 25.1. The average Bonchev–Trinajstić information content (AvgIpc) is 3.36. The number of benzene rings is 3. The number of carbonyl (C=O) groups excluding carboxylic acids is 2. The van der Waals surface area contributed by atoms with Crippen LogP contribution in [0.1, 0.15) is 28.8 Å². The summed E-state index contributed by atoms with van der Waals surface area (Å²) in [6, 6.07) is 23.3. The van der Waals surface area contributed by atoms with Gasteiger partial charge in [-0.1, -0.05) is 30.3 Å². The van der Waals surface area contributed by atoms with E-state index in [-0.39, 0.29) is 11.8 Å². The Morgan fingerprint density at radius 1 is 0.811 bits per heavy atom. The molecule has 8 nitrogen and oxygen atoms in total. The lowest BCUT2D eigenvalue weighted by molar-refractivity contribution is -0.117. The zero-order valence-electron chi connectivity index (χ0n) is 20.5. The van der Waals surface area contributed by atoms with Crippen LogP contribution in [0.5, 0.6) is 0 Å². The fourth-order valence-electron chi connectivity index (χ4n) is 4.74. The van der Waals surface area contributed by atoms with Gasteiger partial charge >= 0.3 is 0 Å². The molecule has 2 aliphatic heterocycles. The van der Waals surface area contributed by atoms with Gasteiger partial charge in [0.2, 0.25) is 15.9 Å². The highest BCUT2D eigenvalue weighted by atomic mass is 32.2. The van der Waals surface area contributed by atoms with Gasteiger partial charge in [-0.25, -0.2) is 8.42 Å². The molecule has 2 aliphatic rings. The summed E-state index contributed by atoms with van der Waals surface area (Å²) in [4.78, 5) is 28.9. The van der Waals surface area contributed by atoms with Crippen LogP contribution in [-0.4, -0.2) is 62.2 Å². The highest BCUT2D eigenvalue weighted by Gasteiger charge is 2.28. The van der Waals surface area contributed by atoms with Gasteiger partial charge in [-0.15, -0.1) is 0 Å². The second-order valence-electron chi connectivity index (χ2n) is 9.34. The molecule has 192 valence electrons. The predicted octanol–water partition coefficient (Wildman–Crippen LogP) is 3.57. The Bertz CT molecular complexity index is 1350. The lowest BCUT2D eigenvalue weighted by atomic mass is 10.1. The normalized spacial score (nSPS) is 17.2. The minimum Gasteiger partial charge on any atom is -0.322 e. The van der Waals surface area contributed by atoms with Gasteiger partial charge in [-0.05, 0) is 60.5 Å². The number of hydrogen-bond acceptors (Lipinski definition) is 5. The molecule has 3 aromatic rings. The Balaban J connectivity index is 1.12. The fourth-order valence-corrected chi connectivity index (χ4v) is 6.18. The topological polar surface area (TPSA) is 90.0 Å². The molecular formula is C28H30N4O4S. The van der Waals surface area contributed by atoms with Crippen molar-refractivity contribution in [3.63, 3.8) is 0 Å². The van der Waals surface area contributed by atoms with Crippen LogP contribution < -0.4 is 10.2 Å². The second kappa shape index (κ2) is 10.8. The molecule has 0 spiro atoms. The summed E-state index contributed by atoms with van der Waals surface area (Å²) in [6.07, 6.45) is 1.46. The molecule has 3 aromatic carbocycles. The zero-order valence-corrected chi connectivity index (χ0v) is 21.4. The Kier molecular flexibility index (Phi) is 7.36. The van der Waals surface area contributed by atoms with Crippen molar-refractivity contribution >= 4 is 33.2 Å². The summed E-state index contributed by atoms with van der Waals surface area (Å²) < 4.78 is 27.2. The van der Waals surface area contributed by atoms with Crippen molar-refractivity contribution in [2.24, 2.45) is 0 Å². The van der Waals surface area contributed by atoms with Crippen LogP contribution >= 0.6 is 0 Å². The molecule has 2 heterocycles. The monoisotopic (exact) mass is 518 g/mol. The van der Waals surface area contributed by atoms with Crippen LogP contribution in [0.3, 0.4) is 0 Å². The van der Waals surface area contributed by atoms with E-state index < -0.39 is 10.0 Å². The quantitative estimate of drug-likeness (QED) is 0.517. The number of anilines is 2. The summed E-state index contributed by atoms with van der Waals surface area (Å²) >= 11 is 0. The second-order valence-corrected chi connectivity index (χ2v) is 11.3. The van der Waals surface area contributed by atoms with Crippen molar-refractivity contribution in [3.8, 4) is 0 Å². The van der Waals surface area contributed by atoms with E-state index in [0.29, 0.717) is 55.3 Å². The summed E-state index contributed by atoms with van der Waals surface area (Å²) in [5.41, 5.74) is 3.15. The number of carbonyl (C=O) groups is 2. The molecule has 0 aromatic heterocycles. The number of amides is 2. The average molecular weight is 519 g/mol. The van der Waals surface area contributed by atoms with Crippen molar-refractivity contribution in [2.45, 2.75) is 24.3 Å². The first-order valence-electron chi connectivity index (χ1n) is 12.5. The standard InChI is InChI=1S/C28H30N4O4S/c33-27-7-4-16-32(27)25-14-12-24(13-15-25)29-28(34)23-10-8-22(9-11-23)21-30-17-19-31(20-18-30)37(35,36)26-5-2-1-3-6-26/h1-3,5-6,8-15H,4,7,16-21H2,(H,29,34). The van der Waals surface area contributed by atoms with Gasteiger partial charge in [0.15, 0.2) is 0 Å². The van der Waals surface area contributed by atoms with E-state index in [0.717, 1.165) is 24.2 Å². The van der Waals surface area contributed by atoms with Gasteiger partial charge < -0.3 is 10.2 Å². The lowest BCUT2D eigenvalue weighted by Crippen LogP contribution is -2.48. The Morgan fingerprint density at radius 3 is 2.11 bits per heavy atom. The van der Waals surface area contributed by atoms with E-state index >= 15 is 0 Å². The van der Waals surface area contributed by atoms with Crippen LogP contribution in [0.15, 0.2) is 83.8 Å². The van der Waals surface area contributed by atoms with Crippen molar-refractivity contribution in [1.82, 2.24) is 9.21 Å². The maximum Gasteiger partial charge on any atom is 0.255 e. The Morgan fingerprint density at radius 2 is 1.49 bits per heavy atom. The van der Waals surface area contributed by atoms with Crippen LogP contribution in [0.25, 0.3) is 0 Å². The Hall–Kier alpha value is -3.53. The summed E-state index contributed by atoms with van der Waals surface area (Å²) in [5.74, 6) is -0.0627. The van der Waals surface area contributed by atoms with E-state index in [9.17, 15) is 18.0 Å². The molecule has 1 N–H and O–H groups in total. The number of hydrogen-bond donors (Lipinski definition) is 1. The third-order valence-corrected chi connectivity index (χ3v) is 8.76. The van der Waals surface area contributed by atoms with Crippen molar-refractivity contribution in [1.29, 1.82) is 0 Å². The van der Waals surface area contributed by atoms with E-state index in [4.69, 9.17) is 0 Å². The van der Waals surface area contributed by atoms with Crippen molar-refractivity contribution < 1.29 is 18.0 Å². The third kappa shape index (κ3) is 5.74. The number of nitrogens with one attached hydrogen (secondary N) is 1. The number of sulfonamides is 1. The number of rotatable bonds is 7. The molecule has 2 saturated heterocycles. The third-order valence-electron chi connectivity index (χ3n) is 6.84. The molecule has 0 atom stereocenters. The Labute approximate surface area is 217 Å². The maximum absolute atomic E-state index is 12.8. The molecular weight excluding hydrogens is 488 g/mol. The minimum absolute atomic E-state index is 0.135. The van der Waals surface area contributed by atoms with Crippen molar-refractivity contribution in [2.75, 3.05) is 42.9 Å². The number of nitrogens with zero attached hydrogens (tertiary/aromatic N) is 3. The van der Waals surface area contributed by atoms with Crippen LogP contribution in [0, 0.1) is 0 Å². The SMILES string of the molecule is O=C(Nc1ccc(N2CCCC2=O)cc1)c1ccc(CN2CCN(S(=O)(=O)c3ccccc3)CC2)cc1. The van der Waals surface area contributed by atoms with Gasteiger partial charge in [-0.2, -0.15) is 4.31 Å². The summed E-state index contributed by atoms with van der Waals surface area (Å²) in [7, 11) is -3.46. The first-order valence-corrected chi connectivity index (χ1v) is 13.9. The van der Waals surface area contributed by atoms with Crippen molar-refractivity contribution in [3.05, 3.63) is 90.0 Å². The molecule has 0 aliphatic carbocycles. The molecule has 0 bridgehead atoms. The smallest absolute Gasteiger partial charge is 0.255 e. The molecule has 0 radical (unpaired) electrons. The van der Waals surface area contributed by atoms with Crippen LogP contribution in [0.2, 0.25) is 0 Å². The molecule has 0 saturated carbocycles. The van der Waals surface area contributed by atoms with E-state index in [2.05, 4.69) is 10.2 Å². The highest BCUT2D eigenvalue weighted by molar-refractivity contribution is 7.89.